The van der Waals surface area contributed by atoms with E-state index >= 15 is 0 Å². The van der Waals surface area contributed by atoms with E-state index in [0.29, 0.717) is 6.54 Å². The van der Waals surface area contributed by atoms with Crippen molar-refractivity contribution in [1.82, 2.24) is 5.32 Å². The maximum absolute atomic E-state index is 11.6. The molecule has 1 amide bonds. The number of benzene rings is 1. The van der Waals surface area contributed by atoms with Crippen LogP contribution in [0.3, 0.4) is 0 Å². The highest BCUT2D eigenvalue weighted by Gasteiger charge is 2.12. The van der Waals surface area contributed by atoms with Crippen LogP contribution in [0.15, 0.2) is 30.3 Å². The molecule has 0 aliphatic carbocycles. The number of carbonyl (C=O) groups is 2. The van der Waals surface area contributed by atoms with Crippen LogP contribution in [0.2, 0.25) is 0 Å². The largest absolute Gasteiger partial charge is 0.480 e. The molecule has 0 saturated carbocycles. The molecular formula is C14H20N2O3S. The van der Waals surface area contributed by atoms with Crippen molar-refractivity contribution in [3.8, 4) is 0 Å². The van der Waals surface area contributed by atoms with Crippen LogP contribution in [0.5, 0.6) is 0 Å². The molecule has 0 aliphatic rings. The van der Waals surface area contributed by atoms with Gasteiger partial charge < -0.3 is 16.2 Å². The smallest absolute Gasteiger partial charge is 0.321 e. The number of amides is 1. The average Bonchev–Trinajstić information content (AvgIpc) is 2.45. The summed E-state index contributed by atoms with van der Waals surface area (Å²) >= 11 is 1.23. The van der Waals surface area contributed by atoms with E-state index in [1.165, 1.54) is 17.3 Å². The summed E-state index contributed by atoms with van der Waals surface area (Å²) in [6, 6.07) is 9.02. The number of hydrogen-bond donors (Lipinski definition) is 3. The summed E-state index contributed by atoms with van der Waals surface area (Å²) in [5.74, 6) is -0.447. The Hall–Kier alpha value is -1.53. The van der Waals surface area contributed by atoms with Crippen LogP contribution >= 0.6 is 11.8 Å². The highest BCUT2D eigenvalue weighted by molar-refractivity contribution is 8.00. The fourth-order valence-electron chi connectivity index (χ4n) is 1.57. The highest BCUT2D eigenvalue weighted by atomic mass is 32.2. The van der Waals surface area contributed by atoms with Crippen molar-refractivity contribution in [2.75, 3.05) is 18.1 Å². The van der Waals surface area contributed by atoms with Gasteiger partial charge in [0.05, 0.1) is 5.75 Å². The van der Waals surface area contributed by atoms with E-state index in [1.54, 1.807) is 0 Å². The minimum atomic E-state index is -1.05. The van der Waals surface area contributed by atoms with Crippen molar-refractivity contribution < 1.29 is 14.7 Å². The van der Waals surface area contributed by atoms with Crippen molar-refractivity contribution in [2.45, 2.75) is 18.9 Å². The lowest BCUT2D eigenvalue weighted by Crippen LogP contribution is -2.34. The van der Waals surface area contributed by atoms with Crippen LogP contribution in [0.4, 0.5) is 0 Å². The minimum Gasteiger partial charge on any atom is -0.480 e. The molecule has 20 heavy (non-hydrogen) atoms. The number of carboxylic acid groups (broad SMARTS) is 1. The molecule has 110 valence electrons. The lowest BCUT2D eigenvalue weighted by Gasteiger charge is -2.13. The average molecular weight is 296 g/mol. The van der Waals surface area contributed by atoms with Crippen LogP contribution in [0, 0.1) is 0 Å². The van der Waals surface area contributed by atoms with Gasteiger partial charge in [0.1, 0.15) is 6.04 Å². The second kappa shape index (κ2) is 8.60. The van der Waals surface area contributed by atoms with Crippen LogP contribution in [0.25, 0.3) is 0 Å². The normalized spacial score (nSPS) is 13.5. The third-order valence-corrected chi connectivity index (χ3v) is 3.88. The van der Waals surface area contributed by atoms with E-state index in [9.17, 15) is 9.59 Å². The summed E-state index contributed by atoms with van der Waals surface area (Å²) in [6.45, 7) is 2.61. The van der Waals surface area contributed by atoms with Gasteiger partial charge in [0.15, 0.2) is 0 Å². The molecule has 2 atom stereocenters. The molecule has 0 heterocycles. The Kier molecular flexibility index (Phi) is 7.11. The zero-order valence-electron chi connectivity index (χ0n) is 11.4. The zero-order chi connectivity index (χ0) is 15.0. The molecule has 1 aromatic rings. The van der Waals surface area contributed by atoms with Crippen molar-refractivity contribution in [3.63, 3.8) is 0 Å². The van der Waals surface area contributed by atoms with Gasteiger partial charge in [-0.2, -0.15) is 0 Å². The number of thioether (sulfide) groups is 1. The summed E-state index contributed by atoms with van der Waals surface area (Å²) in [7, 11) is 0. The maximum atomic E-state index is 11.6. The molecule has 4 N–H and O–H groups in total. The lowest BCUT2D eigenvalue weighted by atomic mass is 10.0. The predicted octanol–water partition coefficient (Wildman–Crippen LogP) is 1.05. The van der Waals surface area contributed by atoms with Crippen molar-refractivity contribution in [3.05, 3.63) is 35.9 Å². The molecule has 0 radical (unpaired) electrons. The van der Waals surface area contributed by atoms with Gasteiger partial charge in [-0.25, -0.2) is 0 Å². The van der Waals surface area contributed by atoms with Crippen LogP contribution < -0.4 is 11.1 Å². The topological polar surface area (TPSA) is 92.4 Å². The molecule has 6 heteroatoms. The van der Waals surface area contributed by atoms with Gasteiger partial charge >= 0.3 is 5.97 Å². The van der Waals surface area contributed by atoms with E-state index in [2.05, 4.69) is 5.32 Å². The molecule has 0 aromatic heterocycles. The van der Waals surface area contributed by atoms with Gasteiger partial charge in [0, 0.05) is 12.3 Å². The Morgan fingerprint density at radius 1 is 1.35 bits per heavy atom. The van der Waals surface area contributed by atoms with Gasteiger partial charge in [-0.15, -0.1) is 11.8 Å². The van der Waals surface area contributed by atoms with E-state index in [4.69, 9.17) is 10.8 Å². The molecule has 0 bridgehead atoms. The third kappa shape index (κ3) is 6.08. The standard InChI is InChI=1S/C14H20N2O3S/c1-10(11-5-3-2-4-6-11)7-16-13(17)9-20-8-12(15)14(18)19/h2-6,10,12H,7-9,15H2,1H3,(H,16,17)(H,18,19)/t10?,12-/m1/s1. The Morgan fingerprint density at radius 2 is 2.00 bits per heavy atom. The Labute approximate surface area is 122 Å². The number of hydrogen-bond acceptors (Lipinski definition) is 4. The second-order valence-electron chi connectivity index (χ2n) is 4.58. The molecule has 0 aliphatic heterocycles. The third-order valence-electron chi connectivity index (χ3n) is 2.82. The molecule has 5 nitrogen and oxygen atoms in total. The fourth-order valence-corrected chi connectivity index (χ4v) is 2.37. The molecule has 1 unspecified atom stereocenters. The molecule has 1 rings (SSSR count). The zero-order valence-corrected chi connectivity index (χ0v) is 12.2. The minimum absolute atomic E-state index is 0.102. The van der Waals surface area contributed by atoms with Gasteiger partial charge in [-0.1, -0.05) is 37.3 Å². The molecular weight excluding hydrogens is 276 g/mol. The first kappa shape index (κ1) is 16.5. The second-order valence-corrected chi connectivity index (χ2v) is 5.61. The first-order chi connectivity index (χ1) is 9.50. The van der Waals surface area contributed by atoms with E-state index in [0.717, 1.165) is 0 Å². The quantitative estimate of drug-likeness (QED) is 0.667. The number of carboxylic acids is 1. The lowest BCUT2D eigenvalue weighted by molar-refractivity contribution is -0.138. The summed E-state index contributed by atoms with van der Waals surface area (Å²) in [6.07, 6.45) is 0. The highest BCUT2D eigenvalue weighted by Crippen LogP contribution is 2.13. The number of carbonyl (C=O) groups excluding carboxylic acids is 1. The van der Waals surface area contributed by atoms with Crippen molar-refractivity contribution >= 4 is 23.6 Å². The van der Waals surface area contributed by atoms with Crippen LogP contribution in [-0.4, -0.2) is 41.1 Å². The SMILES string of the molecule is CC(CNC(=O)CSC[C@@H](N)C(=O)O)c1ccccc1. The summed E-state index contributed by atoms with van der Waals surface area (Å²) in [5, 5.41) is 11.4. The van der Waals surface area contributed by atoms with E-state index in [1.807, 2.05) is 37.3 Å². The van der Waals surface area contributed by atoms with E-state index < -0.39 is 12.0 Å². The fraction of sp³-hybridized carbons (Fsp3) is 0.429. The number of rotatable bonds is 8. The van der Waals surface area contributed by atoms with Crippen LogP contribution in [-0.2, 0) is 9.59 Å². The van der Waals surface area contributed by atoms with Crippen LogP contribution in [0.1, 0.15) is 18.4 Å². The summed E-state index contributed by atoms with van der Waals surface area (Å²) < 4.78 is 0. The number of aliphatic carboxylic acids is 1. The van der Waals surface area contributed by atoms with Crippen molar-refractivity contribution in [1.29, 1.82) is 0 Å². The monoisotopic (exact) mass is 296 g/mol. The first-order valence-corrected chi connectivity index (χ1v) is 7.54. The van der Waals surface area contributed by atoms with Gasteiger partial charge in [-0.3, -0.25) is 9.59 Å². The number of nitrogens with one attached hydrogen (secondary N) is 1. The van der Waals surface area contributed by atoms with Gasteiger partial charge in [0.2, 0.25) is 5.91 Å². The first-order valence-electron chi connectivity index (χ1n) is 6.38. The summed E-state index contributed by atoms with van der Waals surface area (Å²) in [4.78, 5) is 22.1. The van der Waals surface area contributed by atoms with Gasteiger partial charge in [-0.05, 0) is 11.5 Å². The Bertz CT molecular complexity index is 439. The Balaban J connectivity index is 2.22. The predicted molar refractivity (Wildman–Crippen MR) is 80.8 cm³/mol. The van der Waals surface area contributed by atoms with Crippen molar-refractivity contribution in [2.24, 2.45) is 5.73 Å². The molecule has 0 spiro atoms. The summed E-state index contributed by atoms with van der Waals surface area (Å²) in [5.41, 5.74) is 6.52. The molecule has 0 fully saturated rings. The molecule has 1 aromatic carbocycles. The maximum Gasteiger partial charge on any atom is 0.321 e. The molecule has 0 saturated heterocycles. The van der Waals surface area contributed by atoms with E-state index in [-0.39, 0.29) is 23.3 Å². The van der Waals surface area contributed by atoms with Gasteiger partial charge in [0.25, 0.3) is 0 Å². The number of nitrogens with two attached hydrogens (primary N) is 1. The Morgan fingerprint density at radius 3 is 2.60 bits per heavy atom.